The van der Waals surface area contributed by atoms with E-state index in [1.807, 2.05) is 60.2 Å². The van der Waals surface area contributed by atoms with Gasteiger partial charge >= 0.3 is 0 Å². The number of hydrogen-bond acceptors (Lipinski definition) is 5. The maximum absolute atomic E-state index is 13.3. The van der Waals surface area contributed by atoms with Gasteiger partial charge in [-0.1, -0.05) is 23.7 Å². The minimum absolute atomic E-state index is 0.0176. The van der Waals surface area contributed by atoms with E-state index in [0.29, 0.717) is 36.8 Å². The molecule has 0 spiro atoms. The van der Waals surface area contributed by atoms with Crippen LogP contribution < -0.4 is 0 Å². The molecule has 3 aromatic rings. The molecule has 2 amide bonds. The Morgan fingerprint density at radius 1 is 1.03 bits per heavy atom. The zero-order chi connectivity index (χ0) is 23.8. The monoisotopic (exact) mass is 479 g/mol. The van der Waals surface area contributed by atoms with E-state index in [0.717, 1.165) is 16.7 Å². The van der Waals surface area contributed by atoms with Crippen LogP contribution in [0.25, 0.3) is 11.1 Å². The fourth-order valence-corrected chi connectivity index (χ4v) is 4.82. The van der Waals surface area contributed by atoms with Gasteiger partial charge in [0.05, 0.1) is 23.4 Å². The Labute approximate surface area is 203 Å². The molecule has 176 valence electrons. The predicted molar refractivity (Wildman–Crippen MR) is 128 cm³/mol. The van der Waals surface area contributed by atoms with Crippen LogP contribution in [0.4, 0.5) is 0 Å². The Hall–Kier alpha value is -3.23. The largest absolute Gasteiger partial charge is 0.368 e. The Morgan fingerprint density at radius 3 is 2.44 bits per heavy atom. The average Bonchev–Trinajstić information content (AvgIpc) is 3.28. The van der Waals surface area contributed by atoms with Gasteiger partial charge in [-0.2, -0.15) is 5.10 Å². The third-order valence-electron chi connectivity index (χ3n) is 6.31. The van der Waals surface area contributed by atoms with E-state index in [9.17, 15) is 9.59 Å². The highest BCUT2D eigenvalue weighted by atomic mass is 35.5. The number of fused-ring (bicyclic) bond motifs is 2. The number of aromatic nitrogens is 3. The highest BCUT2D eigenvalue weighted by Gasteiger charge is 2.39. The van der Waals surface area contributed by atoms with Crippen LogP contribution in [-0.2, 0) is 9.53 Å². The molecule has 2 aliphatic heterocycles. The lowest BCUT2D eigenvalue weighted by Gasteiger charge is -2.46. The summed E-state index contributed by atoms with van der Waals surface area (Å²) >= 11 is 6.08. The molecule has 3 unspecified atom stereocenters. The maximum Gasteiger partial charge on any atom is 0.254 e. The van der Waals surface area contributed by atoms with Gasteiger partial charge in [0.25, 0.3) is 5.91 Å². The van der Waals surface area contributed by atoms with Crippen LogP contribution in [0.5, 0.6) is 0 Å². The van der Waals surface area contributed by atoms with Crippen LogP contribution in [0.15, 0.2) is 55.1 Å². The zero-order valence-electron chi connectivity index (χ0n) is 19.1. The predicted octanol–water partition coefficient (Wildman–Crippen LogP) is 3.22. The van der Waals surface area contributed by atoms with E-state index in [1.54, 1.807) is 23.3 Å². The Morgan fingerprint density at radius 2 is 1.76 bits per heavy atom. The SMILES string of the molecule is Cc1cnn(C(C)C(=O)N2CC3CN(C(=O)c4cccc(-c5cncc(Cl)c5)c4)CC(C2)O3)c1. The van der Waals surface area contributed by atoms with Crippen molar-refractivity contribution in [3.8, 4) is 11.1 Å². The van der Waals surface area contributed by atoms with Crippen molar-refractivity contribution in [1.82, 2.24) is 24.6 Å². The first-order valence-corrected chi connectivity index (χ1v) is 11.7. The second-order valence-electron chi connectivity index (χ2n) is 8.98. The molecule has 0 N–H and O–H groups in total. The van der Waals surface area contributed by atoms with Crippen molar-refractivity contribution in [3.63, 3.8) is 0 Å². The lowest BCUT2D eigenvalue weighted by molar-refractivity contribution is -0.159. The topological polar surface area (TPSA) is 80.6 Å². The third-order valence-corrected chi connectivity index (χ3v) is 6.52. The summed E-state index contributed by atoms with van der Waals surface area (Å²) < 4.78 is 7.78. The van der Waals surface area contributed by atoms with Crippen LogP contribution in [0, 0.1) is 6.92 Å². The van der Waals surface area contributed by atoms with Gasteiger partial charge in [0.15, 0.2) is 0 Å². The fraction of sp³-hybridized carbons (Fsp3) is 0.360. The Balaban J connectivity index is 1.27. The van der Waals surface area contributed by atoms with Gasteiger partial charge in [-0.05, 0) is 43.2 Å². The first kappa shape index (κ1) is 22.6. The van der Waals surface area contributed by atoms with Gasteiger partial charge in [-0.25, -0.2) is 0 Å². The molecular weight excluding hydrogens is 454 g/mol. The Kier molecular flexibility index (Phi) is 6.10. The summed E-state index contributed by atoms with van der Waals surface area (Å²) in [6.07, 6.45) is 6.50. The molecule has 0 radical (unpaired) electrons. The van der Waals surface area contributed by atoms with Crippen molar-refractivity contribution in [2.45, 2.75) is 32.1 Å². The van der Waals surface area contributed by atoms with Crippen molar-refractivity contribution in [2.24, 2.45) is 0 Å². The van der Waals surface area contributed by atoms with Crippen molar-refractivity contribution < 1.29 is 14.3 Å². The maximum atomic E-state index is 13.3. The van der Waals surface area contributed by atoms with E-state index in [-0.39, 0.29) is 30.1 Å². The smallest absolute Gasteiger partial charge is 0.254 e. The number of pyridine rings is 1. The summed E-state index contributed by atoms with van der Waals surface area (Å²) in [6.45, 7) is 5.61. The van der Waals surface area contributed by atoms with E-state index in [2.05, 4.69) is 10.1 Å². The summed E-state index contributed by atoms with van der Waals surface area (Å²) in [4.78, 5) is 34.2. The van der Waals surface area contributed by atoms with Crippen LogP contribution in [0.3, 0.4) is 0 Å². The highest BCUT2D eigenvalue weighted by Crippen LogP contribution is 2.26. The molecule has 1 aromatic carbocycles. The number of aryl methyl sites for hydroxylation is 1. The minimum Gasteiger partial charge on any atom is -0.368 e. The van der Waals surface area contributed by atoms with Gasteiger partial charge in [0.2, 0.25) is 5.91 Å². The molecule has 2 saturated heterocycles. The molecule has 2 aromatic heterocycles. The lowest BCUT2D eigenvalue weighted by atomic mass is 10.0. The van der Waals surface area contributed by atoms with Crippen LogP contribution in [-0.4, -0.2) is 74.8 Å². The van der Waals surface area contributed by atoms with Crippen molar-refractivity contribution in [2.75, 3.05) is 26.2 Å². The van der Waals surface area contributed by atoms with Gasteiger partial charge in [0.1, 0.15) is 6.04 Å². The number of hydrogen-bond donors (Lipinski definition) is 0. The Bertz CT molecular complexity index is 1210. The summed E-state index contributed by atoms with van der Waals surface area (Å²) in [7, 11) is 0. The van der Waals surface area contributed by atoms with Gasteiger partial charge in [0, 0.05) is 55.9 Å². The van der Waals surface area contributed by atoms with E-state index >= 15 is 0 Å². The molecule has 2 fully saturated rings. The number of ether oxygens (including phenoxy) is 1. The second-order valence-corrected chi connectivity index (χ2v) is 9.42. The van der Waals surface area contributed by atoms with Crippen LogP contribution in [0.2, 0.25) is 5.02 Å². The molecule has 34 heavy (non-hydrogen) atoms. The molecule has 0 aliphatic carbocycles. The molecule has 0 saturated carbocycles. The lowest BCUT2D eigenvalue weighted by Crippen LogP contribution is -2.62. The quantitative estimate of drug-likeness (QED) is 0.574. The number of benzene rings is 1. The number of carbonyl (C=O) groups excluding carboxylic acids is 2. The molecule has 2 aliphatic rings. The van der Waals surface area contributed by atoms with E-state index < -0.39 is 0 Å². The first-order chi connectivity index (χ1) is 16.4. The molecule has 3 atom stereocenters. The average molecular weight is 480 g/mol. The van der Waals surface area contributed by atoms with Gasteiger partial charge in [-0.15, -0.1) is 0 Å². The third kappa shape index (κ3) is 4.56. The van der Waals surface area contributed by atoms with E-state index in [1.165, 1.54) is 0 Å². The molecule has 9 heteroatoms. The normalized spacial score (nSPS) is 20.8. The molecule has 5 rings (SSSR count). The second kappa shape index (κ2) is 9.19. The number of amides is 2. The number of rotatable bonds is 4. The van der Waals surface area contributed by atoms with Gasteiger partial charge in [-0.3, -0.25) is 19.3 Å². The van der Waals surface area contributed by atoms with Crippen LogP contribution in [0.1, 0.15) is 28.9 Å². The molecular formula is C25H26ClN5O3. The molecule has 8 nitrogen and oxygen atoms in total. The van der Waals surface area contributed by atoms with Crippen molar-refractivity contribution in [1.29, 1.82) is 0 Å². The minimum atomic E-state index is -0.381. The van der Waals surface area contributed by atoms with Crippen molar-refractivity contribution >= 4 is 23.4 Å². The number of halogens is 1. The summed E-state index contributed by atoms with van der Waals surface area (Å²) in [6, 6.07) is 8.93. The van der Waals surface area contributed by atoms with Crippen molar-refractivity contribution in [3.05, 3.63) is 71.3 Å². The highest BCUT2D eigenvalue weighted by molar-refractivity contribution is 6.30. The molecule has 2 bridgehead atoms. The molecule has 4 heterocycles. The number of morpholine rings is 2. The fourth-order valence-electron chi connectivity index (χ4n) is 4.64. The first-order valence-electron chi connectivity index (χ1n) is 11.3. The number of nitrogens with zero attached hydrogens (tertiary/aromatic N) is 5. The summed E-state index contributed by atoms with van der Waals surface area (Å²) in [5.74, 6) is -0.0284. The van der Waals surface area contributed by atoms with Crippen LogP contribution >= 0.6 is 11.6 Å². The summed E-state index contributed by atoms with van der Waals surface area (Å²) in [5, 5.41) is 4.83. The number of carbonyl (C=O) groups is 2. The summed E-state index contributed by atoms with van der Waals surface area (Å²) in [5.41, 5.74) is 3.36. The van der Waals surface area contributed by atoms with Gasteiger partial charge < -0.3 is 14.5 Å². The zero-order valence-corrected chi connectivity index (χ0v) is 19.9. The van der Waals surface area contributed by atoms with E-state index in [4.69, 9.17) is 16.3 Å². The standard InChI is InChI=1S/C25H26ClN5O3/c1-16-8-28-31(11-16)17(2)24(32)29-12-22-14-30(15-23(13-29)34-22)25(33)19-5-3-4-18(6-19)20-7-21(26)10-27-9-20/h3-11,17,22-23H,12-15H2,1-2H3.